The number of aromatic nitrogens is 4. The topological polar surface area (TPSA) is 112 Å². The number of aryl methyl sites for hydroxylation is 1. The molecule has 1 fully saturated rings. The van der Waals surface area contributed by atoms with Gasteiger partial charge < -0.3 is 4.42 Å². The number of alkyl halides is 3. The van der Waals surface area contributed by atoms with E-state index in [0.29, 0.717) is 10.1 Å². The van der Waals surface area contributed by atoms with Crippen molar-refractivity contribution in [3.63, 3.8) is 0 Å². The molecule has 31 heavy (non-hydrogen) atoms. The summed E-state index contributed by atoms with van der Waals surface area (Å²) in [7, 11) is -1.47. The van der Waals surface area contributed by atoms with Gasteiger partial charge in [-0.1, -0.05) is 0 Å². The van der Waals surface area contributed by atoms with Gasteiger partial charge in [0.1, 0.15) is 0 Å². The van der Waals surface area contributed by atoms with Gasteiger partial charge in [0.05, 0.1) is 16.5 Å². The van der Waals surface area contributed by atoms with Crippen molar-refractivity contribution >= 4 is 21.1 Å². The van der Waals surface area contributed by atoms with Crippen LogP contribution in [0.25, 0.3) is 11.1 Å². The fourth-order valence-corrected chi connectivity index (χ4v) is 5.17. The lowest BCUT2D eigenvalue weighted by molar-refractivity contribution is -0.147. The van der Waals surface area contributed by atoms with Gasteiger partial charge in [-0.15, -0.1) is 5.10 Å². The molecule has 0 saturated carbocycles. The maximum atomic E-state index is 13.0. The predicted molar refractivity (Wildman–Crippen MR) is 101 cm³/mol. The average molecular weight is 461 g/mol. The number of piperidine rings is 1. The highest BCUT2D eigenvalue weighted by Gasteiger charge is 2.39. The van der Waals surface area contributed by atoms with Crippen LogP contribution in [-0.2, 0) is 30.3 Å². The Bertz CT molecular complexity index is 1370. The standard InChI is InChI=1S/C17H18F3N5O5S/c1-22-12-9-11(3-4-13(12)30-16(22)27)31(28,29)24-7-5-10(6-8-24)25-15(26)23(2)14(21-25)17(18,19)20/h3-4,9-10H,5-8H2,1-2H3. The molecular formula is C17H18F3N5O5S. The van der Waals surface area contributed by atoms with Gasteiger partial charge >= 0.3 is 17.6 Å². The van der Waals surface area contributed by atoms with Crippen molar-refractivity contribution in [1.29, 1.82) is 0 Å². The van der Waals surface area contributed by atoms with Crippen LogP contribution < -0.4 is 11.4 Å². The van der Waals surface area contributed by atoms with Gasteiger partial charge in [-0.2, -0.15) is 17.5 Å². The zero-order valence-electron chi connectivity index (χ0n) is 16.5. The molecule has 2 aromatic heterocycles. The molecule has 1 aliphatic rings. The fourth-order valence-electron chi connectivity index (χ4n) is 3.68. The van der Waals surface area contributed by atoms with Crippen LogP contribution in [0.5, 0.6) is 0 Å². The largest absolute Gasteiger partial charge is 0.451 e. The number of sulfonamides is 1. The molecule has 168 valence electrons. The Balaban J connectivity index is 1.57. The summed E-state index contributed by atoms with van der Waals surface area (Å²) in [6, 6.07) is 3.40. The predicted octanol–water partition coefficient (Wildman–Crippen LogP) is 1.07. The second-order valence-electron chi connectivity index (χ2n) is 7.30. The maximum Gasteiger partial charge on any atom is 0.451 e. The van der Waals surface area contributed by atoms with Crippen LogP contribution in [0.4, 0.5) is 13.2 Å². The number of hydrogen-bond acceptors (Lipinski definition) is 6. The number of fused-ring (bicyclic) bond motifs is 1. The summed E-state index contributed by atoms with van der Waals surface area (Å²) in [6.45, 7) is -0.000555. The second-order valence-corrected chi connectivity index (χ2v) is 9.24. The fraction of sp³-hybridized carbons (Fsp3) is 0.471. The molecule has 0 radical (unpaired) electrons. The molecule has 0 amide bonds. The molecule has 3 heterocycles. The Morgan fingerprint density at radius 1 is 1.10 bits per heavy atom. The molecule has 1 aromatic carbocycles. The molecule has 1 aliphatic heterocycles. The van der Waals surface area contributed by atoms with Gasteiger partial charge in [-0.05, 0) is 31.0 Å². The van der Waals surface area contributed by atoms with E-state index in [-0.39, 0.29) is 36.4 Å². The molecule has 1 saturated heterocycles. The summed E-state index contributed by atoms with van der Waals surface area (Å²) >= 11 is 0. The molecular weight excluding hydrogens is 443 g/mol. The SMILES string of the molecule is Cn1c(C(F)(F)F)nn(C2CCN(S(=O)(=O)c3ccc4oc(=O)n(C)c4c3)CC2)c1=O. The Hall–Kier alpha value is -2.87. The third-order valence-electron chi connectivity index (χ3n) is 5.43. The number of oxazole rings is 1. The average Bonchev–Trinajstić information content (AvgIpc) is 3.17. The van der Waals surface area contributed by atoms with Gasteiger partial charge in [0.2, 0.25) is 15.8 Å². The summed E-state index contributed by atoms with van der Waals surface area (Å²) in [6.07, 6.45) is -4.52. The Morgan fingerprint density at radius 2 is 1.74 bits per heavy atom. The van der Waals surface area contributed by atoms with Crippen molar-refractivity contribution in [2.45, 2.75) is 30.0 Å². The van der Waals surface area contributed by atoms with Crippen molar-refractivity contribution in [2.24, 2.45) is 14.1 Å². The highest BCUT2D eigenvalue weighted by Crippen LogP contribution is 2.30. The first-order valence-electron chi connectivity index (χ1n) is 9.23. The first-order chi connectivity index (χ1) is 14.4. The number of nitrogens with zero attached hydrogens (tertiary/aromatic N) is 5. The van der Waals surface area contributed by atoms with E-state index in [1.807, 2.05) is 0 Å². The minimum Gasteiger partial charge on any atom is -0.408 e. The highest BCUT2D eigenvalue weighted by molar-refractivity contribution is 7.89. The van der Waals surface area contributed by atoms with Gasteiger partial charge in [0.25, 0.3) is 0 Å². The Kier molecular flexibility index (Phi) is 4.88. The van der Waals surface area contributed by atoms with Crippen LogP contribution in [0.1, 0.15) is 24.7 Å². The normalized spacial score (nSPS) is 16.9. The lowest BCUT2D eigenvalue weighted by Gasteiger charge is -2.30. The molecule has 0 aliphatic carbocycles. The molecule has 4 rings (SSSR count). The van der Waals surface area contributed by atoms with E-state index in [9.17, 15) is 31.2 Å². The summed E-state index contributed by atoms with van der Waals surface area (Å²) in [5.41, 5.74) is -0.333. The Morgan fingerprint density at radius 3 is 2.32 bits per heavy atom. The van der Waals surface area contributed by atoms with Crippen LogP contribution in [0.15, 0.2) is 37.1 Å². The quantitative estimate of drug-likeness (QED) is 0.577. The van der Waals surface area contributed by atoms with Crippen molar-refractivity contribution in [3.8, 4) is 0 Å². The van der Waals surface area contributed by atoms with E-state index >= 15 is 0 Å². The number of halogens is 3. The Labute approximate surface area is 173 Å². The van der Waals surface area contributed by atoms with E-state index in [1.54, 1.807) is 0 Å². The maximum absolute atomic E-state index is 13.0. The van der Waals surface area contributed by atoms with Crippen molar-refractivity contribution in [2.75, 3.05) is 13.1 Å². The zero-order chi connectivity index (χ0) is 22.7. The van der Waals surface area contributed by atoms with Crippen LogP contribution in [-0.4, -0.2) is 44.7 Å². The van der Waals surface area contributed by atoms with Crippen molar-refractivity contribution in [3.05, 3.63) is 45.1 Å². The molecule has 0 N–H and O–H groups in total. The molecule has 10 nitrogen and oxygen atoms in total. The number of hydrogen-bond donors (Lipinski definition) is 0. The number of benzene rings is 1. The van der Waals surface area contributed by atoms with Gasteiger partial charge in [-0.3, -0.25) is 9.13 Å². The molecule has 0 atom stereocenters. The van der Waals surface area contributed by atoms with Crippen LogP contribution in [0, 0.1) is 0 Å². The molecule has 14 heteroatoms. The minimum atomic E-state index is -4.77. The van der Waals surface area contributed by atoms with E-state index in [4.69, 9.17) is 4.42 Å². The van der Waals surface area contributed by atoms with Gasteiger partial charge in [0.15, 0.2) is 5.58 Å². The first kappa shape index (κ1) is 21.4. The molecule has 0 spiro atoms. The summed E-state index contributed by atoms with van der Waals surface area (Å²) in [5.74, 6) is -1.92. The van der Waals surface area contributed by atoms with Gasteiger partial charge in [0, 0.05) is 27.2 Å². The second kappa shape index (κ2) is 7.09. The van der Waals surface area contributed by atoms with E-state index in [1.165, 1.54) is 34.1 Å². The molecule has 3 aromatic rings. The summed E-state index contributed by atoms with van der Waals surface area (Å²) in [4.78, 5) is 23.8. The smallest absolute Gasteiger partial charge is 0.408 e. The molecule has 0 unspecified atom stereocenters. The molecule has 0 bridgehead atoms. The van der Waals surface area contributed by atoms with E-state index < -0.39 is 39.5 Å². The summed E-state index contributed by atoms with van der Waals surface area (Å²) in [5, 5.41) is 3.43. The van der Waals surface area contributed by atoms with E-state index in [2.05, 4.69) is 5.10 Å². The minimum absolute atomic E-state index is 0.000278. The monoisotopic (exact) mass is 461 g/mol. The van der Waals surface area contributed by atoms with Crippen LogP contribution in [0.3, 0.4) is 0 Å². The zero-order valence-corrected chi connectivity index (χ0v) is 17.3. The van der Waals surface area contributed by atoms with Crippen LogP contribution in [0.2, 0.25) is 0 Å². The lowest BCUT2D eigenvalue weighted by atomic mass is 10.1. The number of rotatable bonds is 3. The first-order valence-corrected chi connectivity index (χ1v) is 10.7. The third kappa shape index (κ3) is 3.48. The van der Waals surface area contributed by atoms with Crippen molar-refractivity contribution < 1.29 is 26.0 Å². The van der Waals surface area contributed by atoms with Crippen LogP contribution >= 0.6 is 0 Å². The highest BCUT2D eigenvalue weighted by atomic mass is 32.2. The summed E-state index contributed by atoms with van der Waals surface area (Å²) < 4.78 is 73.7. The lowest BCUT2D eigenvalue weighted by Crippen LogP contribution is -2.41. The van der Waals surface area contributed by atoms with E-state index in [0.717, 1.165) is 11.7 Å². The van der Waals surface area contributed by atoms with Gasteiger partial charge in [-0.25, -0.2) is 22.7 Å². The van der Waals surface area contributed by atoms with Crippen molar-refractivity contribution in [1.82, 2.24) is 23.2 Å². The third-order valence-corrected chi connectivity index (χ3v) is 7.32.